The fourth-order valence-corrected chi connectivity index (χ4v) is 3.66. The molecule has 4 nitrogen and oxygen atoms in total. The van der Waals surface area contributed by atoms with E-state index in [9.17, 15) is 5.11 Å². The molecule has 2 atom stereocenters. The van der Waals surface area contributed by atoms with Crippen molar-refractivity contribution >= 4 is 23.2 Å². The first-order chi connectivity index (χ1) is 10.8. The lowest BCUT2D eigenvalue weighted by Gasteiger charge is -2.42. The number of halogens is 2. The highest BCUT2D eigenvalue weighted by molar-refractivity contribution is 6.35. The molecule has 23 heavy (non-hydrogen) atoms. The number of hydrogen-bond acceptors (Lipinski definition) is 3. The molecule has 124 valence electrons. The van der Waals surface area contributed by atoms with E-state index in [-0.39, 0.29) is 11.5 Å². The maximum absolute atomic E-state index is 11.3. The minimum atomic E-state index is -1.29. The smallest absolute Gasteiger partial charge is 0.192 e. The van der Waals surface area contributed by atoms with Gasteiger partial charge in [0.05, 0.1) is 19.0 Å². The van der Waals surface area contributed by atoms with Gasteiger partial charge in [-0.3, -0.25) is 0 Å². The molecule has 2 unspecified atom stereocenters. The van der Waals surface area contributed by atoms with Crippen molar-refractivity contribution in [1.29, 1.82) is 0 Å². The third-order valence-corrected chi connectivity index (χ3v) is 5.37. The highest BCUT2D eigenvalue weighted by Gasteiger charge is 2.55. The Morgan fingerprint density at radius 3 is 2.74 bits per heavy atom. The molecule has 1 aromatic heterocycles. The molecule has 6 heteroatoms. The molecule has 0 saturated carbocycles. The summed E-state index contributed by atoms with van der Waals surface area (Å²) in [5.74, 6) is -1.29. The zero-order chi connectivity index (χ0) is 16.7. The Morgan fingerprint density at radius 1 is 1.39 bits per heavy atom. The number of ether oxygens (including phenoxy) is 1. The second kappa shape index (κ2) is 6.10. The Labute approximate surface area is 146 Å². The second-order valence-corrected chi connectivity index (χ2v) is 7.49. The predicted molar refractivity (Wildman–Crippen MR) is 90.7 cm³/mol. The largest absolute Gasteiger partial charge is 0.363 e. The summed E-state index contributed by atoms with van der Waals surface area (Å²) in [4.78, 5) is 4.11. The number of aromatic nitrogens is 2. The van der Waals surface area contributed by atoms with E-state index in [4.69, 9.17) is 27.9 Å². The third kappa shape index (κ3) is 3.01. The third-order valence-electron chi connectivity index (χ3n) is 4.78. The molecule has 1 saturated heterocycles. The molecule has 1 fully saturated rings. The van der Waals surface area contributed by atoms with Crippen LogP contribution in [0.1, 0.15) is 31.9 Å². The fraction of sp³-hybridized carbons (Fsp3) is 0.471. The van der Waals surface area contributed by atoms with Crippen LogP contribution >= 0.6 is 23.2 Å². The zero-order valence-corrected chi connectivity index (χ0v) is 14.7. The van der Waals surface area contributed by atoms with Gasteiger partial charge in [0, 0.05) is 27.9 Å². The Morgan fingerprint density at radius 2 is 2.17 bits per heavy atom. The minimum absolute atomic E-state index is 0.332. The molecule has 0 bridgehead atoms. The monoisotopic (exact) mass is 354 g/mol. The van der Waals surface area contributed by atoms with Crippen molar-refractivity contribution < 1.29 is 9.84 Å². The van der Waals surface area contributed by atoms with Gasteiger partial charge in [-0.05, 0) is 30.5 Å². The lowest BCUT2D eigenvalue weighted by Crippen LogP contribution is -2.49. The van der Waals surface area contributed by atoms with Crippen molar-refractivity contribution in [3.8, 4) is 0 Å². The maximum atomic E-state index is 11.3. The first-order valence-corrected chi connectivity index (χ1v) is 8.37. The van der Waals surface area contributed by atoms with Gasteiger partial charge in [-0.2, -0.15) is 0 Å². The summed E-state index contributed by atoms with van der Waals surface area (Å²) in [5.41, 5.74) is 0.537. The molecule has 0 aliphatic carbocycles. The average Bonchev–Trinajstić information content (AvgIpc) is 3.07. The molecule has 0 spiro atoms. The molecular formula is C17H20Cl2N2O2. The Hall–Kier alpha value is -1.07. The van der Waals surface area contributed by atoms with Crippen LogP contribution in [0.15, 0.2) is 36.9 Å². The van der Waals surface area contributed by atoms with Crippen LogP contribution in [0.25, 0.3) is 0 Å². The van der Waals surface area contributed by atoms with Gasteiger partial charge in [0.1, 0.15) is 0 Å². The van der Waals surface area contributed by atoms with Crippen molar-refractivity contribution in [2.75, 3.05) is 6.61 Å². The van der Waals surface area contributed by atoms with Crippen molar-refractivity contribution in [3.63, 3.8) is 0 Å². The molecule has 0 radical (unpaired) electrons. The summed E-state index contributed by atoms with van der Waals surface area (Å²) in [6.07, 6.45) is 6.55. The molecule has 2 aromatic rings. The van der Waals surface area contributed by atoms with Crippen LogP contribution in [-0.2, 0) is 11.2 Å². The van der Waals surface area contributed by atoms with Crippen LogP contribution in [0.4, 0.5) is 0 Å². The van der Waals surface area contributed by atoms with Gasteiger partial charge in [0.25, 0.3) is 0 Å². The average molecular weight is 355 g/mol. The number of nitrogens with zero attached hydrogens (tertiary/aromatic N) is 2. The van der Waals surface area contributed by atoms with Gasteiger partial charge in [-0.15, -0.1) is 0 Å². The highest BCUT2D eigenvalue weighted by atomic mass is 35.5. The zero-order valence-electron chi connectivity index (χ0n) is 13.2. The van der Waals surface area contributed by atoms with E-state index in [0.717, 1.165) is 12.0 Å². The van der Waals surface area contributed by atoms with Crippen LogP contribution in [0, 0.1) is 5.41 Å². The quantitative estimate of drug-likeness (QED) is 0.898. The van der Waals surface area contributed by atoms with Crippen LogP contribution in [0.3, 0.4) is 0 Å². The number of rotatable bonds is 4. The van der Waals surface area contributed by atoms with Gasteiger partial charge in [-0.25, -0.2) is 4.98 Å². The standard InChI is InChI=1S/C17H20Cl2N2O2/c1-16(2)5-8-23-17(16,22)15(21-7-6-20-11-21)9-12-3-4-13(18)10-14(12)19/h3-4,6-7,10-11,15,22H,5,8-9H2,1-2H3. The molecule has 1 aliphatic heterocycles. The molecule has 0 amide bonds. The first kappa shape index (κ1) is 16.8. The highest BCUT2D eigenvalue weighted by Crippen LogP contribution is 2.49. The van der Waals surface area contributed by atoms with Gasteiger partial charge in [0.2, 0.25) is 0 Å². The molecular weight excluding hydrogens is 335 g/mol. The van der Waals surface area contributed by atoms with E-state index in [0.29, 0.717) is 23.1 Å². The van der Waals surface area contributed by atoms with E-state index in [1.165, 1.54) is 0 Å². The summed E-state index contributed by atoms with van der Waals surface area (Å²) < 4.78 is 7.70. The van der Waals surface area contributed by atoms with E-state index < -0.39 is 5.79 Å². The van der Waals surface area contributed by atoms with E-state index in [1.807, 2.05) is 30.7 Å². The molecule has 3 rings (SSSR count). The second-order valence-electron chi connectivity index (χ2n) is 6.64. The SMILES string of the molecule is CC1(C)CCOC1(O)C(Cc1ccc(Cl)cc1Cl)n1ccnc1. The number of benzene rings is 1. The van der Waals surface area contributed by atoms with E-state index >= 15 is 0 Å². The van der Waals surface area contributed by atoms with Crippen LogP contribution in [-0.4, -0.2) is 27.1 Å². The Balaban J connectivity index is 2.00. The van der Waals surface area contributed by atoms with Gasteiger partial charge >= 0.3 is 0 Å². The molecule has 1 aliphatic rings. The van der Waals surface area contributed by atoms with Crippen molar-refractivity contribution in [1.82, 2.24) is 9.55 Å². The molecule has 2 heterocycles. The van der Waals surface area contributed by atoms with Crippen LogP contribution < -0.4 is 0 Å². The van der Waals surface area contributed by atoms with E-state index in [1.54, 1.807) is 24.7 Å². The minimum Gasteiger partial charge on any atom is -0.363 e. The predicted octanol–water partition coefficient (Wildman–Crippen LogP) is 4.11. The number of hydrogen-bond donors (Lipinski definition) is 1. The summed E-state index contributed by atoms with van der Waals surface area (Å²) in [5, 5.41) is 12.5. The van der Waals surface area contributed by atoms with E-state index in [2.05, 4.69) is 4.98 Å². The van der Waals surface area contributed by atoms with Crippen LogP contribution in [0.2, 0.25) is 10.0 Å². The lowest BCUT2D eigenvalue weighted by molar-refractivity contribution is -0.247. The van der Waals surface area contributed by atoms with Crippen molar-refractivity contribution in [3.05, 3.63) is 52.5 Å². The number of aliphatic hydroxyl groups is 1. The summed E-state index contributed by atoms with van der Waals surface area (Å²) >= 11 is 12.3. The normalized spacial score (nSPS) is 24.7. The van der Waals surface area contributed by atoms with Gasteiger partial charge in [0.15, 0.2) is 5.79 Å². The van der Waals surface area contributed by atoms with Crippen molar-refractivity contribution in [2.24, 2.45) is 5.41 Å². The molecule has 1 aromatic carbocycles. The fourth-order valence-electron chi connectivity index (χ4n) is 3.18. The molecule has 1 N–H and O–H groups in total. The lowest BCUT2D eigenvalue weighted by atomic mass is 9.77. The van der Waals surface area contributed by atoms with Gasteiger partial charge < -0.3 is 14.4 Å². The van der Waals surface area contributed by atoms with Crippen molar-refractivity contribution in [2.45, 2.75) is 38.5 Å². The summed E-state index contributed by atoms with van der Waals surface area (Å²) in [7, 11) is 0. The Bertz CT molecular complexity index is 688. The van der Waals surface area contributed by atoms with Crippen LogP contribution in [0.5, 0.6) is 0 Å². The number of imidazole rings is 1. The Kier molecular flexibility index (Phi) is 4.45. The summed E-state index contributed by atoms with van der Waals surface area (Å²) in [6, 6.07) is 5.08. The topological polar surface area (TPSA) is 47.3 Å². The first-order valence-electron chi connectivity index (χ1n) is 7.61. The maximum Gasteiger partial charge on any atom is 0.192 e. The summed E-state index contributed by atoms with van der Waals surface area (Å²) in [6.45, 7) is 4.57. The van der Waals surface area contributed by atoms with Gasteiger partial charge in [-0.1, -0.05) is 43.1 Å².